The van der Waals surface area contributed by atoms with Crippen molar-refractivity contribution in [1.29, 1.82) is 0 Å². The Kier molecular flexibility index (Phi) is 3.84. The summed E-state index contributed by atoms with van der Waals surface area (Å²) in [5.41, 5.74) is 3.49. The van der Waals surface area contributed by atoms with Crippen molar-refractivity contribution in [3.63, 3.8) is 0 Å². The lowest BCUT2D eigenvalue weighted by Gasteiger charge is -2.29. The van der Waals surface area contributed by atoms with E-state index in [4.69, 9.17) is 0 Å². The van der Waals surface area contributed by atoms with Crippen LogP contribution < -0.4 is 0 Å². The van der Waals surface area contributed by atoms with Crippen molar-refractivity contribution in [2.75, 3.05) is 0 Å². The second-order valence-electron chi connectivity index (χ2n) is 7.56. The highest BCUT2D eigenvalue weighted by molar-refractivity contribution is 5.30. The molecule has 1 fully saturated rings. The fourth-order valence-electron chi connectivity index (χ4n) is 2.83. The molecule has 1 aromatic rings. The van der Waals surface area contributed by atoms with Crippen LogP contribution in [0, 0.1) is 11.3 Å². The van der Waals surface area contributed by atoms with Gasteiger partial charge in [0.1, 0.15) is 0 Å². The predicted molar refractivity (Wildman–Crippen MR) is 80.1 cm³/mol. The molecule has 1 atom stereocenters. The zero-order valence-electron chi connectivity index (χ0n) is 12.7. The molecule has 0 heterocycles. The van der Waals surface area contributed by atoms with E-state index >= 15 is 0 Å². The fraction of sp³-hybridized carbons (Fsp3) is 0.667. The van der Waals surface area contributed by atoms with Gasteiger partial charge in [0, 0.05) is 0 Å². The van der Waals surface area contributed by atoms with Crippen molar-refractivity contribution in [1.82, 2.24) is 0 Å². The number of hydrogen-bond acceptors (Lipinski definition) is 0. The average Bonchev–Trinajstić information content (AvgIpc) is 3.08. The Morgan fingerprint density at radius 3 is 2.00 bits per heavy atom. The normalized spacial score (nSPS) is 18.1. The van der Waals surface area contributed by atoms with Crippen molar-refractivity contribution in [3.8, 4) is 0 Å². The molecule has 1 saturated carbocycles. The highest BCUT2D eigenvalue weighted by Crippen LogP contribution is 2.41. The Bertz CT molecular complexity index is 373. The van der Waals surface area contributed by atoms with E-state index in [2.05, 4.69) is 58.9 Å². The molecule has 0 bridgehead atoms. The maximum atomic E-state index is 2.38. The molecule has 0 radical (unpaired) electrons. The highest BCUT2D eigenvalue weighted by atomic mass is 14.3. The standard InChI is InChI=1S/C18H28/c1-13(2)17(12-18(3,4)5)16-10-8-15(9-11-16)14-6-7-14/h8-11,13-14,17H,6-7,12H2,1-5H3. The van der Waals surface area contributed by atoms with Gasteiger partial charge in [-0.05, 0) is 53.6 Å². The van der Waals surface area contributed by atoms with E-state index in [0.717, 1.165) is 11.8 Å². The third kappa shape index (κ3) is 3.60. The lowest BCUT2D eigenvalue weighted by molar-refractivity contribution is 0.301. The third-order valence-corrected chi connectivity index (χ3v) is 4.05. The minimum absolute atomic E-state index is 0.407. The Morgan fingerprint density at radius 1 is 1.06 bits per heavy atom. The number of rotatable bonds is 4. The third-order valence-electron chi connectivity index (χ3n) is 4.05. The zero-order chi connectivity index (χ0) is 13.3. The van der Waals surface area contributed by atoms with Gasteiger partial charge in [-0.25, -0.2) is 0 Å². The summed E-state index contributed by atoms with van der Waals surface area (Å²) >= 11 is 0. The van der Waals surface area contributed by atoms with E-state index in [-0.39, 0.29) is 0 Å². The lowest BCUT2D eigenvalue weighted by Crippen LogP contribution is -2.16. The minimum Gasteiger partial charge on any atom is -0.0622 e. The van der Waals surface area contributed by atoms with Crippen molar-refractivity contribution in [3.05, 3.63) is 35.4 Å². The molecule has 100 valence electrons. The largest absolute Gasteiger partial charge is 0.0622 e. The summed E-state index contributed by atoms with van der Waals surface area (Å²) in [6.45, 7) is 11.7. The van der Waals surface area contributed by atoms with Gasteiger partial charge in [-0.2, -0.15) is 0 Å². The molecule has 0 N–H and O–H groups in total. The molecule has 0 aliphatic heterocycles. The van der Waals surface area contributed by atoms with Crippen LogP contribution in [0.5, 0.6) is 0 Å². The molecule has 1 aliphatic carbocycles. The van der Waals surface area contributed by atoms with Crippen LogP contribution in [0.2, 0.25) is 0 Å². The summed E-state index contributed by atoms with van der Waals surface area (Å²) in [5.74, 6) is 2.29. The molecule has 1 unspecified atom stereocenters. The predicted octanol–water partition coefficient (Wildman–Crippen LogP) is 5.74. The molecule has 0 aromatic heterocycles. The van der Waals surface area contributed by atoms with Crippen molar-refractivity contribution in [2.24, 2.45) is 11.3 Å². The van der Waals surface area contributed by atoms with Gasteiger partial charge in [0.05, 0.1) is 0 Å². The van der Waals surface area contributed by atoms with Crippen LogP contribution in [-0.2, 0) is 0 Å². The van der Waals surface area contributed by atoms with Crippen LogP contribution in [0.15, 0.2) is 24.3 Å². The maximum Gasteiger partial charge on any atom is -0.0134 e. The maximum absolute atomic E-state index is 2.38. The van der Waals surface area contributed by atoms with Gasteiger partial charge in [0.25, 0.3) is 0 Å². The van der Waals surface area contributed by atoms with E-state index in [0.29, 0.717) is 11.3 Å². The topological polar surface area (TPSA) is 0 Å². The smallest absolute Gasteiger partial charge is 0.0134 e. The molecule has 0 amide bonds. The molecule has 0 heteroatoms. The van der Waals surface area contributed by atoms with E-state index in [1.807, 2.05) is 0 Å². The number of benzene rings is 1. The molecule has 0 saturated heterocycles. The fourth-order valence-corrected chi connectivity index (χ4v) is 2.83. The Labute approximate surface area is 113 Å². The van der Waals surface area contributed by atoms with Crippen molar-refractivity contribution >= 4 is 0 Å². The van der Waals surface area contributed by atoms with Crippen LogP contribution >= 0.6 is 0 Å². The molecular formula is C18H28. The molecule has 1 aromatic carbocycles. The van der Waals surface area contributed by atoms with Crippen molar-refractivity contribution in [2.45, 2.75) is 65.7 Å². The summed E-state index contributed by atoms with van der Waals surface area (Å²) in [7, 11) is 0. The van der Waals surface area contributed by atoms with Gasteiger partial charge in [-0.1, -0.05) is 58.9 Å². The average molecular weight is 244 g/mol. The first-order valence-electron chi connectivity index (χ1n) is 7.47. The first-order valence-corrected chi connectivity index (χ1v) is 7.47. The van der Waals surface area contributed by atoms with Crippen LogP contribution in [0.4, 0.5) is 0 Å². The summed E-state index contributed by atoms with van der Waals surface area (Å²) < 4.78 is 0. The van der Waals surface area contributed by atoms with Gasteiger partial charge in [0.2, 0.25) is 0 Å². The summed E-state index contributed by atoms with van der Waals surface area (Å²) in [4.78, 5) is 0. The zero-order valence-corrected chi connectivity index (χ0v) is 12.7. The second-order valence-corrected chi connectivity index (χ2v) is 7.56. The summed E-state index contributed by atoms with van der Waals surface area (Å²) in [5, 5.41) is 0. The monoisotopic (exact) mass is 244 g/mol. The molecule has 2 rings (SSSR count). The quantitative estimate of drug-likeness (QED) is 0.633. The van der Waals surface area contributed by atoms with Crippen LogP contribution in [0.1, 0.15) is 76.8 Å². The van der Waals surface area contributed by atoms with E-state index in [9.17, 15) is 0 Å². The number of hydrogen-bond donors (Lipinski definition) is 0. The molecule has 1 aliphatic rings. The SMILES string of the molecule is CC(C)C(CC(C)(C)C)c1ccc(C2CC2)cc1. The van der Waals surface area contributed by atoms with Gasteiger partial charge < -0.3 is 0 Å². The summed E-state index contributed by atoms with van der Waals surface area (Å²) in [6, 6.07) is 9.49. The van der Waals surface area contributed by atoms with Crippen LogP contribution in [-0.4, -0.2) is 0 Å². The molecule has 0 nitrogen and oxygen atoms in total. The summed E-state index contributed by atoms with van der Waals surface area (Å²) in [6.07, 6.45) is 4.07. The minimum atomic E-state index is 0.407. The van der Waals surface area contributed by atoms with E-state index in [1.165, 1.54) is 24.8 Å². The van der Waals surface area contributed by atoms with Crippen LogP contribution in [0.25, 0.3) is 0 Å². The molecule has 0 spiro atoms. The van der Waals surface area contributed by atoms with Gasteiger partial charge >= 0.3 is 0 Å². The highest BCUT2D eigenvalue weighted by Gasteiger charge is 2.25. The first-order chi connectivity index (χ1) is 8.37. The Morgan fingerprint density at radius 2 is 1.61 bits per heavy atom. The first kappa shape index (κ1) is 13.6. The van der Waals surface area contributed by atoms with E-state index < -0.39 is 0 Å². The van der Waals surface area contributed by atoms with Gasteiger partial charge in [0.15, 0.2) is 0 Å². The van der Waals surface area contributed by atoms with Crippen LogP contribution in [0.3, 0.4) is 0 Å². The second kappa shape index (κ2) is 5.07. The van der Waals surface area contributed by atoms with E-state index in [1.54, 1.807) is 5.56 Å². The van der Waals surface area contributed by atoms with Gasteiger partial charge in [-0.3, -0.25) is 0 Å². The Hall–Kier alpha value is -0.780. The molecule has 18 heavy (non-hydrogen) atoms. The lowest BCUT2D eigenvalue weighted by atomic mass is 9.76. The molecular weight excluding hydrogens is 216 g/mol. The Balaban J connectivity index is 2.14. The van der Waals surface area contributed by atoms with Crippen molar-refractivity contribution < 1.29 is 0 Å². The van der Waals surface area contributed by atoms with Gasteiger partial charge in [-0.15, -0.1) is 0 Å².